The molecule has 0 aliphatic carbocycles. The molecule has 6 heteroatoms. The topological polar surface area (TPSA) is 81.7 Å². The van der Waals surface area contributed by atoms with Crippen molar-refractivity contribution in [2.45, 2.75) is 155 Å². The molecule has 0 spiro atoms. The molecule has 0 saturated heterocycles. The van der Waals surface area contributed by atoms with Gasteiger partial charge in [-0.05, 0) is 31.7 Å². The number of hydrogen-bond donors (Lipinski definition) is 1. The van der Waals surface area contributed by atoms with E-state index in [0.717, 1.165) is 44.1 Å². The molecular formula is C34H56NO5. The van der Waals surface area contributed by atoms with E-state index in [1.54, 1.807) is 0 Å². The van der Waals surface area contributed by atoms with Gasteiger partial charge < -0.3 is 14.8 Å². The molecule has 6 nitrogen and oxygen atoms in total. The van der Waals surface area contributed by atoms with Crippen LogP contribution >= 0.6 is 0 Å². The van der Waals surface area contributed by atoms with Gasteiger partial charge >= 0.3 is 11.9 Å². The van der Waals surface area contributed by atoms with Gasteiger partial charge in [-0.15, -0.1) is 0 Å². The van der Waals surface area contributed by atoms with Crippen LogP contribution in [0.15, 0.2) is 30.3 Å². The maximum atomic E-state index is 12.7. The SMILES string of the molecule is [CH2][C@@H](NC(=O)C[C@@H](CCCCCCCCCCC)OC(=O)CCCCCCCCC)C(=O)OCc1ccccc1. The Labute approximate surface area is 244 Å². The molecule has 0 aliphatic heterocycles. The Balaban J connectivity index is 2.44. The Morgan fingerprint density at radius 2 is 1.27 bits per heavy atom. The van der Waals surface area contributed by atoms with E-state index in [1.165, 1.54) is 64.2 Å². The summed E-state index contributed by atoms with van der Waals surface area (Å²) in [6.07, 6.45) is 19.3. The van der Waals surface area contributed by atoms with Crippen LogP contribution in [-0.2, 0) is 30.5 Å². The van der Waals surface area contributed by atoms with Crippen molar-refractivity contribution in [2.75, 3.05) is 0 Å². The molecule has 2 atom stereocenters. The molecule has 0 heterocycles. The van der Waals surface area contributed by atoms with Crippen molar-refractivity contribution in [1.29, 1.82) is 0 Å². The zero-order chi connectivity index (χ0) is 29.3. The van der Waals surface area contributed by atoms with Crippen molar-refractivity contribution >= 4 is 17.8 Å². The van der Waals surface area contributed by atoms with Gasteiger partial charge in [0.1, 0.15) is 18.8 Å². The summed E-state index contributed by atoms with van der Waals surface area (Å²) in [6, 6.07) is 8.34. The minimum absolute atomic E-state index is 0.0256. The van der Waals surface area contributed by atoms with Gasteiger partial charge in [-0.2, -0.15) is 0 Å². The number of nitrogens with one attached hydrogen (secondary N) is 1. The van der Waals surface area contributed by atoms with Gasteiger partial charge in [0, 0.05) is 6.42 Å². The maximum Gasteiger partial charge on any atom is 0.328 e. The molecule has 1 radical (unpaired) electrons. The average Bonchev–Trinajstić information content (AvgIpc) is 2.94. The van der Waals surface area contributed by atoms with Gasteiger partial charge in [-0.25, -0.2) is 4.79 Å². The van der Waals surface area contributed by atoms with Crippen LogP contribution in [0.25, 0.3) is 0 Å². The van der Waals surface area contributed by atoms with E-state index in [-0.39, 0.29) is 24.9 Å². The standard InChI is InChI=1S/C34H56NO5/c1-4-6-8-10-12-13-15-16-21-25-31(40-33(37)26-22-17-14-11-9-7-5-2)27-32(36)35-29(3)34(38)39-28-30-23-19-18-20-24-30/h18-20,23-24,29,31H,3-17,21-22,25-28H2,1-2H3,(H,35,36)/t29-,31-/m1/s1. The largest absolute Gasteiger partial charge is 0.462 e. The molecule has 0 aromatic heterocycles. The summed E-state index contributed by atoms with van der Waals surface area (Å²) in [5.74, 6) is -1.19. The smallest absolute Gasteiger partial charge is 0.328 e. The van der Waals surface area contributed by atoms with Crippen molar-refractivity contribution in [1.82, 2.24) is 5.32 Å². The number of ether oxygens (including phenoxy) is 2. The first-order valence-electron chi connectivity index (χ1n) is 16.0. The molecule has 1 amide bonds. The van der Waals surface area contributed by atoms with Crippen molar-refractivity contribution in [2.24, 2.45) is 0 Å². The molecule has 0 fully saturated rings. The van der Waals surface area contributed by atoms with Crippen molar-refractivity contribution < 1.29 is 23.9 Å². The van der Waals surface area contributed by atoms with Crippen LogP contribution in [0.1, 0.15) is 141 Å². The monoisotopic (exact) mass is 558 g/mol. The highest BCUT2D eigenvalue weighted by Crippen LogP contribution is 2.16. The predicted molar refractivity (Wildman–Crippen MR) is 162 cm³/mol. The summed E-state index contributed by atoms with van der Waals surface area (Å²) in [5.41, 5.74) is 0.864. The number of carbonyl (C=O) groups excluding carboxylic acids is 3. The highest BCUT2D eigenvalue weighted by molar-refractivity contribution is 5.85. The minimum atomic E-state index is -1.02. The lowest BCUT2D eigenvalue weighted by molar-refractivity contribution is -0.152. The number of rotatable bonds is 25. The fraction of sp³-hybridized carbons (Fsp3) is 0.706. The molecule has 1 aromatic rings. The lowest BCUT2D eigenvalue weighted by atomic mass is 10.0. The molecule has 1 rings (SSSR count). The van der Waals surface area contributed by atoms with Crippen molar-refractivity contribution in [3.05, 3.63) is 42.8 Å². The molecule has 1 N–H and O–H groups in total. The van der Waals surface area contributed by atoms with Gasteiger partial charge in [0.2, 0.25) is 5.91 Å². The first kappa shape index (κ1) is 35.7. The number of esters is 2. The Bertz CT molecular complexity index is 782. The fourth-order valence-corrected chi connectivity index (χ4v) is 4.70. The number of hydrogen-bond acceptors (Lipinski definition) is 5. The van der Waals surface area contributed by atoms with Crippen LogP contribution in [0, 0.1) is 6.92 Å². The average molecular weight is 559 g/mol. The Hall–Kier alpha value is -2.37. The van der Waals surface area contributed by atoms with Crippen LogP contribution < -0.4 is 5.32 Å². The zero-order valence-electron chi connectivity index (χ0n) is 25.4. The molecule has 0 aliphatic rings. The third-order valence-electron chi connectivity index (χ3n) is 7.17. The van der Waals surface area contributed by atoms with E-state index in [9.17, 15) is 14.4 Å². The van der Waals surface area contributed by atoms with Crippen LogP contribution in [-0.4, -0.2) is 30.0 Å². The maximum absolute atomic E-state index is 12.7. The second kappa shape index (κ2) is 24.4. The summed E-state index contributed by atoms with van der Waals surface area (Å²) in [6.45, 7) is 8.30. The molecule has 0 unspecified atom stereocenters. The minimum Gasteiger partial charge on any atom is -0.462 e. The van der Waals surface area contributed by atoms with E-state index in [0.29, 0.717) is 12.8 Å². The van der Waals surface area contributed by atoms with E-state index in [1.807, 2.05) is 30.3 Å². The van der Waals surface area contributed by atoms with Crippen molar-refractivity contribution in [3.63, 3.8) is 0 Å². The van der Waals surface area contributed by atoms with Crippen molar-refractivity contribution in [3.8, 4) is 0 Å². The van der Waals surface area contributed by atoms with E-state index >= 15 is 0 Å². The van der Waals surface area contributed by atoms with Gasteiger partial charge in [0.05, 0.1) is 6.42 Å². The lowest BCUT2D eigenvalue weighted by Gasteiger charge is -2.19. The quantitative estimate of drug-likeness (QED) is 0.0962. The van der Waals surface area contributed by atoms with E-state index in [4.69, 9.17) is 9.47 Å². The Morgan fingerprint density at radius 3 is 1.85 bits per heavy atom. The molecule has 0 saturated carbocycles. The number of unbranched alkanes of at least 4 members (excludes halogenated alkanes) is 14. The normalized spacial score (nSPS) is 12.5. The second-order valence-electron chi connectivity index (χ2n) is 11.0. The molecule has 227 valence electrons. The lowest BCUT2D eigenvalue weighted by Crippen LogP contribution is -2.41. The van der Waals surface area contributed by atoms with Gasteiger partial charge in [-0.3, -0.25) is 9.59 Å². The van der Waals surface area contributed by atoms with Gasteiger partial charge in [0.25, 0.3) is 0 Å². The first-order chi connectivity index (χ1) is 19.5. The van der Waals surface area contributed by atoms with Crippen LogP contribution in [0.2, 0.25) is 0 Å². The summed E-state index contributed by atoms with van der Waals surface area (Å²) in [5, 5.41) is 2.62. The fourth-order valence-electron chi connectivity index (χ4n) is 4.70. The highest BCUT2D eigenvalue weighted by Gasteiger charge is 2.22. The summed E-state index contributed by atoms with van der Waals surface area (Å²) >= 11 is 0. The summed E-state index contributed by atoms with van der Waals surface area (Å²) in [4.78, 5) is 37.6. The van der Waals surface area contributed by atoms with Crippen LogP contribution in [0.4, 0.5) is 0 Å². The molecule has 0 bridgehead atoms. The van der Waals surface area contributed by atoms with Crippen LogP contribution in [0.5, 0.6) is 0 Å². The Kier molecular flexibility index (Phi) is 21.8. The van der Waals surface area contributed by atoms with Gasteiger partial charge in [0.15, 0.2) is 0 Å². The van der Waals surface area contributed by atoms with Crippen LogP contribution in [0.3, 0.4) is 0 Å². The van der Waals surface area contributed by atoms with E-state index < -0.39 is 18.1 Å². The zero-order valence-corrected chi connectivity index (χ0v) is 25.4. The number of benzene rings is 1. The Morgan fingerprint density at radius 1 is 0.750 bits per heavy atom. The summed E-state index contributed by atoms with van der Waals surface area (Å²) < 4.78 is 11.0. The summed E-state index contributed by atoms with van der Waals surface area (Å²) in [7, 11) is 0. The first-order valence-corrected chi connectivity index (χ1v) is 16.0. The third-order valence-corrected chi connectivity index (χ3v) is 7.17. The number of amides is 1. The molecule has 1 aromatic carbocycles. The molecule has 40 heavy (non-hydrogen) atoms. The highest BCUT2D eigenvalue weighted by atomic mass is 16.5. The molecular weight excluding hydrogens is 502 g/mol. The third kappa shape index (κ3) is 19.7. The number of carbonyl (C=O) groups is 3. The predicted octanol–water partition coefficient (Wildman–Crippen LogP) is 8.41. The van der Waals surface area contributed by atoms with E-state index in [2.05, 4.69) is 26.1 Å². The van der Waals surface area contributed by atoms with Gasteiger partial charge in [-0.1, -0.05) is 134 Å². The second-order valence-corrected chi connectivity index (χ2v) is 11.0.